The van der Waals surface area contributed by atoms with Crippen LogP contribution in [0.15, 0.2) is 54.6 Å². The number of halogens is 1. The minimum Gasteiger partial charge on any atom is -0.492 e. The molecule has 128 valence electrons. The first-order valence-electron chi connectivity index (χ1n) is 8.01. The molecule has 3 aromatic rings. The third-order valence-electron chi connectivity index (χ3n) is 3.38. The van der Waals surface area contributed by atoms with Crippen LogP contribution in [0.25, 0.3) is 0 Å². The molecule has 0 saturated carbocycles. The Bertz CT molecular complexity index is 870. The number of benzene rings is 2. The van der Waals surface area contributed by atoms with E-state index in [2.05, 4.69) is 20.6 Å². The van der Waals surface area contributed by atoms with Crippen LogP contribution in [0.5, 0.6) is 5.75 Å². The van der Waals surface area contributed by atoms with E-state index in [1.807, 2.05) is 38.1 Å². The molecular weight excluding hydrogens is 319 g/mol. The van der Waals surface area contributed by atoms with Gasteiger partial charge in [0.25, 0.3) is 0 Å². The van der Waals surface area contributed by atoms with E-state index in [9.17, 15) is 4.39 Å². The lowest BCUT2D eigenvalue weighted by Crippen LogP contribution is -2.04. The number of aryl methyl sites for hydroxylation is 1. The molecule has 3 rings (SSSR count). The Morgan fingerprint density at radius 3 is 2.64 bits per heavy atom. The molecule has 0 unspecified atom stereocenters. The smallest absolute Gasteiger partial charge is 0.229 e. The van der Waals surface area contributed by atoms with Crippen molar-refractivity contribution in [2.75, 3.05) is 17.2 Å². The number of hydrogen-bond donors (Lipinski definition) is 2. The molecule has 0 spiro atoms. The molecule has 0 bridgehead atoms. The van der Waals surface area contributed by atoms with Crippen molar-refractivity contribution < 1.29 is 9.13 Å². The summed E-state index contributed by atoms with van der Waals surface area (Å²) in [6, 6.07) is 15.6. The minimum atomic E-state index is -0.306. The maximum atomic E-state index is 13.3. The van der Waals surface area contributed by atoms with Crippen LogP contribution in [0.4, 0.5) is 27.5 Å². The van der Waals surface area contributed by atoms with Crippen LogP contribution >= 0.6 is 0 Å². The van der Waals surface area contributed by atoms with Gasteiger partial charge in [0.2, 0.25) is 5.95 Å². The van der Waals surface area contributed by atoms with Crippen LogP contribution in [0, 0.1) is 12.7 Å². The zero-order valence-corrected chi connectivity index (χ0v) is 14.1. The van der Waals surface area contributed by atoms with Crippen molar-refractivity contribution in [3.63, 3.8) is 0 Å². The Hall–Kier alpha value is -3.15. The first-order valence-corrected chi connectivity index (χ1v) is 8.01. The van der Waals surface area contributed by atoms with E-state index >= 15 is 0 Å². The maximum Gasteiger partial charge on any atom is 0.229 e. The molecule has 0 aliphatic rings. The van der Waals surface area contributed by atoms with Gasteiger partial charge in [0.15, 0.2) is 0 Å². The minimum absolute atomic E-state index is 0.306. The fraction of sp³-hybridized carbons (Fsp3) is 0.158. The Balaban J connectivity index is 1.85. The van der Waals surface area contributed by atoms with Crippen molar-refractivity contribution in [2.45, 2.75) is 13.8 Å². The van der Waals surface area contributed by atoms with Gasteiger partial charge in [-0.3, -0.25) is 0 Å². The fourth-order valence-electron chi connectivity index (χ4n) is 2.37. The molecule has 0 atom stereocenters. The zero-order chi connectivity index (χ0) is 17.6. The van der Waals surface area contributed by atoms with E-state index in [-0.39, 0.29) is 5.82 Å². The van der Waals surface area contributed by atoms with Gasteiger partial charge in [0.05, 0.1) is 12.3 Å². The Kier molecular flexibility index (Phi) is 5.09. The van der Waals surface area contributed by atoms with E-state index in [4.69, 9.17) is 4.74 Å². The first-order chi connectivity index (χ1) is 12.1. The van der Waals surface area contributed by atoms with E-state index in [1.165, 1.54) is 12.1 Å². The highest BCUT2D eigenvalue weighted by Crippen LogP contribution is 2.27. The Morgan fingerprint density at radius 1 is 1.00 bits per heavy atom. The lowest BCUT2D eigenvalue weighted by Gasteiger charge is -2.13. The SMILES string of the molecule is CCOc1ccccc1Nc1nc(C)cc(Nc2cccc(F)c2)n1. The predicted molar refractivity (Wildman–Crippen MR) is 97.3 cm³/mol. The highest BCUT2D eigenvalue weighted by Gasteiger charge is 2.07. The van der Waals surface area contributed by atoms with Gasteiger partial charge in [-0.05, 0) is 44.2 Å². The van der Waals surface area contributed by atoms with Gasteiger partial charge in [-0.2, -0.15) is 4.98 Å². The average molecular weight is 338 g/mol. The summed E-state index contributed by atoms with van der Waals surface area (Å²) in [5.41, 5.74) is 2.19. The van der Waals surface area contributed by atoms with Crippen molar-refractivity contribution in [1.82, 2.24) is 9.97 Å². The Labute approximate surface area is 145 Å². The summed E-state index contributed by atoms with van der Waals surface area (Å²) in [6.45, 7) is 4.37. The number of anilines is 4. The molecule has 2 N–H and O–H groups in total. The molecular formula is C19H19FN4O. The molecule has 0 radical (unpaired) electrons. The zero-order valence-electron chi connectivity index (χ0n) is 14.1. The van der Waals surface area contributed by atoms with E-state index in [1.54, 1.807) is 18.2 Å². The summed E-state index contributed by atoms with van der Waals surface area (Å²) in [5.74, 6) is 1.44. The number of rotatable bonds is 6. The quantitative estimate of drug-likeness (QED) is 0.675. The van der Waals surface area contributed by atoms with Crippen LogP contribution in [0.2, 0.25) is 0 Å². The normalized spacial score (nSPS) is 10.4. The lowest BCUT2D eigenvalue weighted by atomic mass is 10.3. The predicted octanol–water partition coefficient (Wildman–Crippen LogP) is 4.81. The topological polar surface area (TPSA) is 59.1 Å². The standard InChI is InChI=1S/C19H19FN4O/c1-3-25-17-10-5-4-9-16(17)23-19-21-13(2)11-18(24-19)22-15-8-6-7-14(20)12-15/h4-12H,3H2,1-2H3,(H2,21,22,23,24). The Morgan fingerprint density at radius 2 is 1.84 bits per heavy atom. The van der Waals surface area contributed by atoms with Gasteiger partial charge < -0.3 is 15.4 Å². The summed E-state index contributed by atoms with van der Waals surface area (Å²) in [5, 5.41) is 6.26. The van der Waals surface area contributed by atoms with Crippen molar-refractivity contribution in [3.05, 3.63) is 66.1 Å². The first kappa shape index (κ1) is 16.7. The van der Waals surface area contributed by atoms with Crippen LogP contribution in [-0.4, -0.2) is 16.6 Å². The molecule has 25 heavy (non-hydrogen) atoms. The number of aromatic nitrogens is 2. The highest BCUT2D eigenvalue weighted by atomic mass is 19.1. The average Bonchev–Trinajstić information content (AvgIpc) is 2.56. The molecule has 0 fully saturated rings. The number of hydrogen-bond acceptors (Lipinski definition) is 5. The van der Waals surface area contributed by atoms with Crippen molar-refractivity contribution >= 4 is 23.1 Å². The molecule has 1 aromatic heterocycles. The van der Waals surface area contributed by atoms with Crippen LogP contribution in [-0.2, 0) is 0 Å². The summed E-state index contributed by atoms with van der Waals surface area (Å²) in [7, 11) is 0. The second kappa shape index (κ2) is 7.61. The molecule has 2 aromatic carbocycles. The van der Waals surface area contributed by atoms with Crippen molar-refractivity contribution in [2.24, 2.45) is 0 Å². The molecule has 5 nitrogen and oxygen atoms in total. The van der Waals surface area contributed by atoms with E-state index in [0.717, 1.165) is 17.1 Å². The monoisotopic (exact) mass is 338 g/mol. The van der Waals surface area contributed by atoms with Gasteiger partial charge in [0, 0.05) is 17.4 Å². The summed E-state index contributed by atoms with van der Waals surface area (Å²) < 4.78 is 18.9. The second-order valence-corrected chi connectivity index (χ2v) is 5.41. The van der Waals surface area contributed by atoms with Crippen LogP contribution in [0.3, 0.4) is 0 Å². The summed E-state index contributed by atoms with van der Waals surface area (Å²) in [6.07, 6.45) is 0. The number of nitrogens with one attached hydrogen (secondary N) is 2. The third kappa shape index (κ3) is 4.44. The van der Waals surface area contributed by atoms with Crippen molar-refractivity contribution in [1.29, 1.82) is 0 Å². The van der Waals surface area contributed by atoms with E-state index in [0.29, 0.717) is 24.1 Å². The maximum absolute atomic E-state index is 13.3. The van der Waals surface area contributed by atoms with Gasteiger partial charge in [0.1, 0.15) is 17.4 Å². The number of ether oxygens (including phenoxy) is 1. The molecule has 1 heterocycles. The highest BCUT2D eigenvalue weighted by molar-refractivity contribution is 5.64. The lowest BCUT2D eigenvalue weighted by molar-refractivity contribution is 0.342. The molecule has 0 aliphatic carbocycles. The molecule has 6 heteroatoms. The fourth-order valence-corrected chi connectivity index (χ4v) is 2.37. The van der Waals surface area contributed by atoms with E-state index < -0.39 is 0 Å². The van der Waals surface area contributed by atoms with Gasteiger partial charge in [-0.25, -0.2) is 9.37 Å². The number of para-hydroxylation sites is 2. The third-order valence-corrected chi connectivity index (χ3v) is 3.38. The van der Waals surface area contributed by atoms with Crippen molar-refractivity contribution in [3.8, 4) is 5.75 Å². The largest absolute Gasteiger partial charge is 0.492 e. The van der Waals surface area contributed by atoms with Gasteiger partial charge >= 0.3 is 0 Å². The summed E-state index contributed by atoms with van der Waals surface area (Å²) in [4.78, 5) is 8.84. The van der Waals surface area contributed by atoms with Gasteiger partial charge in [-0.15, -0.1) is 0 Å². The number of nitrogens with zero attached hydrogens (tertiary/aromatic N) is 2. The second-order valence-electron chi connectivity index (χ2n) is 5.41. The molecule has 0 saturated heterocycles. The van der Waals surface area contributed by atoms with Gasteiger partial charge in [-0.1, -0.05) is 18.2 Å². The van der Waals surface area contributed by atoms with Crippen LogP contribution < -0.4 is 15.4 Å². The molecule has 0 amide bonds. The molecule has 0 aliphatic heterocycles. The summed E-state index contributed by atoms with van der Waals surface area (Å²) >= 11 is 0. The van der Waals surface area contributed by atoms with Crippen LogP contribution in [0.1, 0.15) is 12.6 Å².